The first-order valence-electron chi connectivity index (χ1n) is 9.53. The summed E-state index contributed by atoms with van der Waals surface area (Å²) in [7, 11) is 5.02. The van der Waals surface area contributed by atoms with E-state index in [9.17, 15) is 9.59 Å². The summed E-state index contributed by atoms with van der Waals surface area (Å²) in [6.45, 7) is 0. The number of thiazole rings is 1. The Kier molecular flexibility index (Phi) is 5.68. The number of carbonyl (C=O) groups is 2. The third kappa shape index (κ3) is 3.87. The van der Waals surface area contributed by atoms with Gasteiger partial charge in [0.1, 0.15) is 21.7 Å². The SMILES string of the molecule is COc1ccc(OC)c2c1sc(=NC(=O)c1ccc(C(=O)c3ccccc3)cc1)n2C. The molecule has 0 aliphatic carbocycles. The fraction of sp³-hybridized carbons (Fsp3) is 0.125. The zero-order chi connectivity index (χ0) is 22.0. The summed E-state index contributed by atoms with van der Waals surface area (Å²) in [5.41, 5.74) is 2.33. The summed E-state index contributed by atoms with van der Waals surface area (Å²) in [5.74, 6) is 0.881. The molecule has 0 aliphatic rings. The maximum absolute atomic E-state index is 12.8. The number of fused-ring (bicyclic) bond motifs is 1. The van der Waals surface area contributed by atoms with E-state index in [1.54, 1.807) is 50.6 Å². The smallest absolute Gasteiger partial charge is 0.279 e. The molecule has 1 heterocycles. The van der Waals surface area contributed by atoms with Crippen molar-refractivity contribution in [2.24, 2.45) is 12.0 Å². The molecule has 0 saturated carbocycles. The number of aryl methyl sites for hydroxylation is 1. The van der Waals surface area contributed by atoms with E-state index >= 15 is 0 Å². The molecule has 4 aromatic rings. The van der Waals surface area contributed by atoms with Gasteiger partial charge in [0, 0.05) is 23.7 Å². The van der Waals surface area contributed by atoms with Crippen LogP contribution in [0.3, 0.4) is 0 Å². The molecule has 31 heavy (non-hydrogen) atoms. The zero-order valence-corrected chi connectivity index (χ0v) is 18.1. The van der Waals surface area contributed by atoms with Crippen molar-refractivity contribution in [2.45, 2.75) is 0 Å². The second-order valence-corrected chi connectivity index (χ2v) is 7.76. The van der Waals surface area contributed by atoms with E-state index in [2.05, 4.69) is 4.99 Å². The Labute approximate surface area is 183 Å². The van der Waals surface area contributed by atoms with Crippen molar-refractivity contribution in [3.05, 3.63) is 88.2 Å². The Morgan fingerprint density at radius 2 is 1.39 bits per heavy atom. The summed E-state index contributed by atoms with van der Waals surface area (Å²) in [6, 6.07) is 19.2. The number of nitrogens with zero attached hydrogens (tertiary/aromatic N) is 2. The zero-order valence-electron chi connectivity index (χ0n) is 17.3. The molecule has 6 nitrogen and oxygen atoms in total. The molecule has 0 saturated heterocycles. The van der Waals surface area contributed by atoms with Gasteiger partial charge in [-0.2, -0.15) is 4.99 Å². The normalized spacial score (nSPS) is 11.5. The summed E-state index contributed by atoms with van der Waals surface area (Å²) in [5, 5.41) is 0. The molecule has 0 bridgehead atoms. The largest absolute Gasteiger partial charge is 0.495 e. The van der Waals surface area contributed by atoms with Gasteiger partial charge in [-0.15, -0.1) is 0 Å². The molecular weight excluding hydrogens is 412 g/mol. The quantitative estimate of drug-likeness (QED) is 0.443. The van der Waals surface area contributed by atoms with Crippen LogP contribution in [0.4, 0.5) is 0 Å². The highest BCUT2D eigenvalue weighted by Crippen LogP contribution is 2.34. The van der Waals surface area contributed by atoms with E-state index in [0.29, 0.717) is 33.0 Å². The third-order valence-electron chi connectivity index (χ3n) is 4.94. The maximum atomic E-state index is 12.8. The minimum atomic E-state index is -0.390. The Morgan fingerprint density at radius 3 is 2.03 bits per heavy atom. The molecule has 0 N–H and O–H groups in total. The van der Waals surface area contributed by atoms with E-state index in [-0.39, 0.29) is 5.78 Å². The van der Waals surface area contributed by atoms with Crippen LogP contribution in [0.15, 0.2) is 71.7 Å². The number of aromatic nitrogens is 1. The lowest BCUT2D eigenvalue weighted by molar-refractivity contribution is 0.0994. The molecule has 0 fully saturated rings. The molecular formula is C24H20N2O4S. The van der Waals surface area contributed by atoms with Gasteiger partial charge >= 0.3 is 0 Å². The number of hydrogen-bond acceptors (Lipinski definition) is 5. The molecule has 4 rings (SSSR count). The number of ketones is 1. The van der Waals surface area contributed by atoms with E-state index in [1.807, 2.05) is 41.9 Å². The van der Waals surface area contributed by atoms with E-state index in [4.69, 9.17) is 9.47 Å². The first-order chi connectivity index (χ1) is 15.0. The highest BCUT2D eigenvalue weighted by molar-refractivity contribution is 7.16. The molecule has 3 aromatic carbocycles. The molecule has 0 spiro atoms. The van der Waals surface area contributed by atoms with Gasteiger partial charge in [0.15, 0.2) is 10.6 Å². The lowest BCUT2D eigenvalue weighted by Gasteiger charge is -2.06. The van der Waals surface area contributed by atoms with Gasteiger partial charge in [0.2, 0.25) is 0 Å². The van der Waals surface area contributed by atoms with Crippen LogP contribution < -0.4 is 14.3 Å². The predicted molar refractivity (Wildman–Crippen MR) is 120 cm³/mol. The van der Waals surface area contributed by atoms with Crippen molar-refractivity contribution in [1.82, 2.24) is 4.57 Å². The minimum Gasteiger partial charge on any atom is -0.495 e. The van der Waals surface area contributed by atoms with Crippen LogP contribution in [0, 0.1) is 0 Å². The topological polar surface area (TPSA) is 69.9 Å². The molecule has 7 heteroatoms. The lowest BCUT2D eigenvalue weighted by Crippen LogP contribution is -2.13. The van der Waals surface area contributed by atoms with Crippen molar-refractivity contribution in [2.75, 3.05) is 14.2 Å². The average Bonchev–Trinajstić information content (AvgIpc) is 3.14. The van der Waals surface area contributed by atoms with Gasteiger partial charge in [0.25, 0.3) is 5.91 Å². The number of rotatable bonds is 5. The highest BCUT2D eigenvalue weighted by atomic mass is 32.1. The Morgan fingerprint density at radius 1 is 0.806 bits per heavy atom. The molecule has 1 aromatic heterocycles. The number of benzene rings is 3. The van der Waals surface area contributed by atoms with Crippen LogP contribution in [-0.4, -0.2) is 30.5 Å². The fourth-order valence-corrected chi connectivity index (χ4v) is 4.43. The van der Waals surface area contributed by atoms with Gasteiger partial charge < -0.3 is 14.0 Å². The summed E-state index contributed by atoms with van der Waals surface area (Å²) >= 11 is 1.35. The lowest BCUT2D eigenvalue weighted by atomic mass is 10.0. The number of methoxy groups -OCH3 is 2. The summed E-state index contributed by atoms with van der Waals surface area (Å²) in [6.07, 6.45) is 0. The molecule has 0 unspecified atom stereocenters. The predicted octanol–water partition coefficient (Wildman–Crippen LogP) is 4.23. The fourth-order valence-electron chi connectivity index (χ4n) is 3.30. The first kappa shape index (κ1) is 20.6. The maximum Gasteiger partial charge on any atom is 0.279 e. The van der Waals surface area contributed by atoms with Crippen LogP contribution >= 0.6 is 11.3 Å². The Bertz CT molecular complexity index is 1340. The highest BCUT2D eigenvalue weighted by Gasteiger charge is 2.15. The van der Waals surface area contributed by atoms with Crippen LogP contribution in [-0.2, 0) is 7.05 Å². The molecule has 156 valence electrons. The van der Waals surface area contributed by atoms with Crippen LogP contribution in [0.25, 0.3) is 10.2 Å². The minimum absolute atomic E-state index is 0.0911. The summed E-state index contributed by atoms with van der Waals surface area (Å²) in [4.78, 5) is 30.1. The van der Waals surface area contributed by atoms with E-state index in [1.165, 1.54) is 11.3 Å². The average molecular weight is 433 g/mol. The van der Waals surface area contributed by atoms with Gasteiger partial charge in [0.05, 0.1) is 14.2 Å². The van der Waals surface area contributed by atoms with Crippen molar-refractivity contribution in [3.63, 3.8) is 0 Å². The standard InChI is InChI=1S/C24H20N2O4S/c1-26-20-18(29-2)13-14-19(30-3)22(20)31-24(26)25-23(28)17-11-9-16(10-12-17)21(27)15-7-5-4-6-8-15/h4-14H,1-3H3. The van der Waals surface area contributed by atoms with Gasteiger partial charge in [-0.25, -0.2) is 0 Å². The van der Waals surface area contributed by atoms with Gasteiger partial charge in [-0.3, -0.25) is 9.59 Å². The molecule has 0 aliphatic heterocycles. The molecule has 0 atom stereocenters. The number of ether oxygens (including phenoxy) is 2. The number of carbonyl (C=O) groups excluding carboxylic acids is 2. The summed E-state index contributed by atoms with van der Waals surface area (Å²) < 4.78 is 13.6. The van der Waals surface area contributed by atoms with Crippen LogP contribution in [0.1, 0.15) is 26.3 Å². The van der Waals surface area contributed by atoms with Crippen molar-refractivity contribution < 1.29 is 19.1 Å². The van der Waals surface area contributed by atoms with Crippen molar-refractivity contribution >= 4 is 33.2 Å². The van der Waals surface area contributed by atoms with Crippen molar-refractivity contribution in [1.29, 1.82) is 0 Å². The van der Waals surface area contributed by atoms with Crippen LogP contribution in [0.2, 0.25) is 0 Å². The van der Waals surface area contributed by atoms with Gasteiger partial charge in [-0.05, 0) is 24.3 Å². The second-order valence-electron chi connectivity index (χ2n) is 6.78. The Balaban J connectivity index is 1.68. The monoisotopic (exact) mass is 432 g/mol. The number of hydrogen-bond donors (Lipinski definition) is 0. The van der Waals surface area contributed by atoms with Gasteiger partial charge in [-0.1, -0.05) is 53.8 Å². The van der Waals surface area contributed by atoms with Crippen LogP contribution in [0.5, 0.6) is 11.5 Å². The van der Waals surface area contributed by atoms with Crippen molar-refractivity contribution in [3.8, 4) is 11.5 Å². The molecule has 0 radical (unpaired) electrons. The second kappa shape index (κ2) is 8.57. The third-order valence-corrected chi connectivity index (χ3v) is 6.09. The van der Waals surface area contributed by atoms with E-state index in [0.717, 1.165) is 10.2 Å². The Hall–Kier alpha value is -3.71. The molecule has 1 amide bonds. The first-order valence-corrected chi connectivity index (χ1v) is 10.3. The number of amides is 1. The van der Waals surface area contributed by atoms with E-state index < -0.39 is 5.91 Å².